The molecule has 4 nitrogen and oxygen atoms in total. The highest BCUT2D eigenvalue weighted by atomic mass is 16.5. The van der Waals surface area contributed by atoms with Gasteiger partial charge in [0.15, 0.2) is 5.78 Å². The van der Waals surface area contributed by atoms with Crippen LogP contribution in [0.1, 0.15) is 17.5 Å². The normalized spacial score (nSPS) is 13.2. The minimum atomic E-state index is -2.31. The molecule has 0 aliphatic carbocycles. The molecule has 2 rings (SSSR count). The van der Waals surface area contributed by atoms with Crippen LogP contribution < -0.4 is 0 Å². The molecule has 1 N–H and O–H groups in total. The van der Waals surface area contributed by atoms with Crippen molar-refractivity contribution < 1.29 is 19.4 Å². The van der Waals surface area contributed by atoms with Crippen LogP contribution in [0.2, 0.25) is 0 Å². The van der Waals surface area contributed by atoms with Crippen molar-refractivity contribution in [2.45, 2.75) is 12.0 Å². The Kier molecular flexibility index (Phi) is 6.03. The van der Waals surface area contributed by atoms with Gasteiger partial charge < -0.3 is 9.84 Å². The number of hydrogen-bond acceptors (Lipinski definition) is 4. The molecule has 0 spiro atoms. The van der Waals surface area contributed by atoms with Crippen molar-refractivity contribution in [1.29, 1.82) is 0 Å². The monoisotopic (exact) mass is 336 g/mol. The van der Waals surface area contributed by atoms with Crippen molar-refractivity contribution in [3.8, 4) is 0 Å². The van der Waals surface area contributed by atoms with Crippen molar-refractivity contribution in [3.63, 3.8) is 0 Å². The molecule has 2 aromatic carbocycles. The fourth-order valence-electron chi connectivity index (χ4n) is 2.39. The van der Waals surface area contributed by atoms with E-state index in [2.05, 4.69) is 11.3 Å². The topological polar surface area (TPSA) is 63.6 Å². The van der Waals surface area contributed by atoms with Gasteiger partial charge in [0.05, 0.1) is 7.11 Å². The molecule has 0 aliphatic heterocycles. The second-order valence-corrected chi connectivity index (χ2v) is 5.61. The van der Waals surface area contributed by atoms with Gasteiger partial charge in [-0.15, -0.1) is 0 Å². The van der Waals surface area contributed by atoms with Gasteiger partial charge in [0.25, 0.3) is 0 Å². The number of ketones is 1. The van der Waals surface area contributed by atoms with Gasteiger partial charge in [-0.3, -0.25) is 4.79 Å². The maximum Gasteiger partial charge on any atom is 0.346 e. The second kappa shape index (κ2) is 8.22. The first-order chi connectivity index (χ1) is 12.0. The van der Waals surface area contributed by atoms with E-state index >= 15 is 0 Å². The van der Waals surface area contributed by atoms with Crippen LogP contribution in [0.5, 0.6) is 0 Å². The zero-order chi connectivity index (χ0) is 18.3. The number of ether oxygens (including phenoxy) is 1. The third-order valence-electron chi connectivity index (χ3n) is 3.81. The Bertz CT molecular complexity index is 778. The Hall–Kier alpha value is -2.98. The summed E-state index contributed by atoms with van der Waals surface area (Å²) in [4.78, 5) is 24.6. The van der Waals surface area contributed by atoms with Crippen LogP contribution in [0.25, 0.3) is 11.6 Å². The van der Waals surface area contributed by atoms with Gasteiger partial charge in [0.2, 0.25) is 5.60 Å². The predicted octanol–water partition coefficient (Wildman–Crippen LogP) is 3.28. The van der Waals surface area contributed by atoms with Gasteiger partial charge in [-0.05, 0) is 22.8 Å². The van der Waals surface area contributed by atoms with E-state index in [4.69, 9.17) is 0 Å². The highest BCUT2D eigenvalue weighted by Gasteiger charge is 2.44. The van der Waals surface area contributed by atoms with Gasteiger partial charge in [-0.25, -0.2) is 4.79 Å². The average molecular weight is 336 g/mol. The molecule has 0 saturated carbocycles. The third-order valence-corrected chi connectivity index (χ3v) is 3.81. The molecule has 0 radical (unpaired) electrons. The van der Waals surface area contributed by atoms with E-state index in [0.717, 1.165) is 18.2 Å². The van der Waals surface area contributed by atoms with Crippen molar-refractivity contribution in [2.75, 3.05) is 7.11 Å². The number of methoxy groups -OCH3 is 1. The van der Waals surface area contributed by atoms with Crippen molar-refractivity contribution >= 4 is 23.4 Å². The molecule has 1 atom stereocenters. The van der Waals surface area contributed by atoms with Crippen LogP contribution in [0, 0.1) is 0 Å². The molecule has 25 heavy (non-hydrogen) atoms. The molecule has 0 saturated heterocycles. The number of hydrogen-bond donors (Lipinski definition) is 1. The Morgan fingerprint density at radius 2 is 1.64 bits per heavy atom. The maximum absolute atomic E-state index is 12.5. The molecule has 0 fully saturated rings. The van der Waals surface area contributed by atoms with Crippen molar-refractivity contribution in [2.24, 2.45) is 0 Å². The molecule has 128 valence electrons. The number of rotatable bonds is 7. The first-order valence-electron chi connectivity index (χ1n) is 7.79. The van der Waals surface area contributed by atoms with E-state index in [-0.39, 0.29) is 6.42 Å². The second-order valence-electron chi connectivity index (χ2n) is 5.61. The minimum absolute atomic E-state index is 0.248. The molecular weight excluding hydrogens is 316 g/mol. The van der Waals surface area contributed by atoms with Gasteiger partial charge in [-0.1, -0.05) is 73.3 Å². The SMILES string of the molecule is C=C(C[C@](O)(C(=O)/C=C/c1ccccc1)C(=O)OC)c1ccccc1. The number of carbonyl (C=O) groups excluding carboxylic acids is 2. The lowest BCUT2D eigenvalue weighted by atomic mass is 9.87. The lowest BCUT2D eigenvalue weighted by Crippen LogP contribution is -2.46. The Balaban J connectivity index is 2.24. The van der Waals surface area contributed by atoms with E-state index in [1.54, 1.807) is 18.2 Å². The number of esters is 1. The molecule has 0 aromatic heterocycles. The standard InChI is InChI=1S/C21H20O4/c1-16(18-11-7-4-8-12-18)15-21(24,20(23)25-2)19(22)14-13-17-9-5-3-6-10-17/h3-14,24H,1,15H2,2H3/b14-13+/t21-/m0/s1. The summed E-state index contributed by atoms with van der Waals surface area (Å²) in [5.41, 5.74) is -0.322. The quantitative estimate of drug-likeness (QED) is 0.479. The van der Waals surface area contributed by atoms with Crippen LogP contribution in [-0.4, -0.2) is 29.6 Å². The van der Waals surface area contributed by atoms with Gasteiger partial charge in [-0.2, -0.15) is 0 Å². The Morgan fingerprint density at radius 3 is 2.20 bits per heavy atom. The van der Waals surface area contributed by atoms with Crippen LogP contribution in [-0.2, 0) is 14.3 Å². The number of aliphatic hydroxyl groups is 1. The first-order valence-corrected chi connectivity index (χ1v) is 7.79. The Labute approximate surface area is 147 Å². The van der Waals surface area contributed by atoms with Gasteiger partial charge in [0.1, 0.15) is 0 Å². The third kappa shape index (κ3) is 4.52. The van der Waals surface area contributed by atoms with Crippen molar-refractivity contribution in [3.05, 3.63) is 84.4 Å². The van der Waals surface area contributed by atoms with E-state index in [1.165, 1.54) is 6.08 Å². The Morgan fingerprint density at radius 1 is 1.08 bits per heavy atom. The smallest absolute Gasteiger partial charge is 0.346 e. The highest BCUT2D eigenvalue weighted by Crippen LogP contribution is 2.26. The summed E-state index contributed by atoms with van der Waals surface area (Å²) in [6.07, 6.45) is 2.48. The molecule has 0 unspecified atom stereocenters. The summed E-state index contributed by atoms with van der Waals surface area (Å²) in [5.74, 6) is -1.76. The van der Waals surface area contributed by atoms with Crippen LogP contribution in [0.4, 0.5) is 0 Å². The predicted molar refractivity (Wildman–Crippen MR) is 97.5 cm³/mol. The van der Waals surface area contributed by atoms with Crippen LogP contribution in [0.15, 0.2) is 73.3 Å². The van der Waals surface area contributed by atoms with Gasteiger partial charge >= 0.3 is 5.97 Å². The zero-order valence-electron chi connectivity index (χ0n) is 14.0. The summed E-state index contributed by atoms with van der Waals surface area (Å²) >= 11 is 0. The van der Waals surface area contributed by atoms with Crippen molar-refractivity contribution in [1.82, 2.24) is 0 Å². The summed E-state index contributed by atoms with van der Waals surface area (Å²) in [5, 5.41) is 10.7. The highest BCUT2D eigenvalue weighted by molar-refractivity contribution is 6.14. The molecule has 0 bridgehead atoms. The molecule has 2 aromatic rings. The fourth-order valence-corrected chi connectivity index (χ4v) is 2.39. The minimum Gasteiger partial charge on any atom is -0.467 e. The molecule has 0 amide bonds. The lowest BCUT2D eigenvalue weighted by Gasteiger charge is -2.23. The summed E-state index contributed by atoms with van der Waals surface area (Å²) in [6, 6.07) is 18.2. The van der Waals surface area contributed by atoms with E-state index in [0.29, 0.717) is 5.57 Å². The largest absolute Gasteiger partial charge is 0.467 e. The van der Waals surface area contributed by atoms with E-state index in [1.807, 2.05) is 48.5 Å². The molecule has 0 aliphatic rings. The van der Waals surface area contributed by atoms with Crippen LogP contribution in [0.3, 0.4) is 0 Å². The lowest BCUT2D eigenvalue weighted by molar-refractivity contribution is -0.165. The maximum atomic E-state index is 12.5. The summed E-state index contributed by atoms with van der Waals surface area (Å²) in [7, 11) is 1.13. The van der Waals surface area contributed by atoms with E-state index in [9.17, 15) is 14.7 Å². The van der Waals surface area contributed by atoms with Crippen LogP contribution >= 0.6 is 0 Å². The van der Waals surface area contributed by atoms with Gasteiger partial charge in [0, 0.05) is 6.42 Å². The van der Waals surface area contributed by atoms with E-state index < -0.39 is 17.4 Å². The first kappa shape index (κ1) is 18.4. The molecule has 0 heterocycles. The average Bonchev–Trinajstić information content (AvgIpc) is 2.66. The fraction of sp³-hybridized carbons (Fsp3) is 0.143. The number of benzene rings is 2. The number of carbonyl (C=O) groups is 2. The summed E-state index contributed by atoms with van der Waals surface area (Å²) < 4.78 is 4.64. The molecular formula is C21H20O4. The zero-order valence-corrected chi connectivity index (χ0v) is 14.0. The molecule has 4 heteroatoms. The summed E-state index contributed by atoms with van der Waals surface area (Å²) in [6.45, 7) is 3.88.